The summed E-state index contributed by atoms with van der Waals surface area (Å²) in [7, 11) is 1.76. The van der Waals surface area contributed by atoms with Crippen LogP contribution in [0.4, 0.5) is 5.95 Å². The number of rotatable bonds is 5. The molecule has 1 aliphatic rings. The Labute approximate surface area is 132 Å². The number of halogens is 2. The molecule has 0 spiro atoms. The Kier molecular flexibility index (Phi) is 5.11. The molecule has 1 fully saturated rings. The van der Waals surface area contributed by atoms with Crippen molar-refractivity contribution in [3.8, 4) is 0 Å². The lowest BCUT2D eigenvalue weighted by Gasteiger charge is -2.32. The standard InChI is InChI=1S/C13H16Cl2N4O2/c1-19(12-17-10(14)16-11(15)18-12)7-6-13(8-20)5-3-2-4-9(13)21/h8H,2-7H2,1H3. The first-order chi connectivity index (χ1) is 9.97. The fraction of sp³-hybridized carbons (Fsp3) is 0.615. The van der Waals surface area contributed by atoms with E-state index in [0.29, 0.717) is 31.8 Å². The Balaban J connectivity index is 2.07. The first-order valence-corrected chi connectivity index (χ1v) is 7.50. The van der Waals surface area contributed by atoms with Gasteiger partial charge in [0.1, 0.15) is 12.1 Å². The summed E-state index contributed by atoms with van der Waals surface area (Å²) in [6.07, 6.45) is 4.09. The number of hydrogen-bond donors (Lipinski definition) is 0. The molecule has 1 saturated carbocycles. The number of hydrogen-bond acceptors (Lipinski definition) is 6. The number of nitrogens with zero attached hydrogens (tertiary/aromatic N) is 4. The van der Waals surface area contributed by atoms with Crippen LogP contribution in [0.5, 0.6) is 0 Å². The molecule has 114 valence electrons. The smallest absolute Gasteiger partial charge is 0.230 e. The molecule has 1 unspecified atom stereocenters. The molecule has 1 aromatic rings. The highest BCUT2D eigenvalue weighted by Crippen LogP contribution is 2.34. The van der Waals surface area contributed by atoms with Gasteiger partial charge in [-0.1, -0.05) is 6.42 Å². The molecule has 2 rings (SSSR count). The molecular formula is C13H16Cl2N4O2. The predicted molar refractivity (Wildman–Crippen MR) is 79.7 cm³/mol. The SMILES string of the molecule is CN(CCC1(C=O)CCCCC1=O)c1nc(Cl)nc(Cl)n1. The molecule has 21 heavy (non-hydrogen) atoms. The minimum Gasteiger partial charge on any atom is -0.344 e. The molecule has 0 saturated heterocycles. The zero-order chi connectivity index (χ0) is 15.5. The average molecular weight is 331 g/mol. The zero-order valence-electron chi connectivity index (χ0n) is 11.7. The quantitative estimate of drug-likeness (QED) is 0.609. The first kappa shape index (κ1) is 16.1. The third kappa shape index (κ3) is 3.68. The van der Waals surface area contributed by atoms with Gasteiger partial charge in [0.25, 0.3) is 0 Å². The lowest BCUT2D eigenvalue weighted by atomic mass is 9.72. The van der Waals surface area contributed by atoms with Crippen LogP contribution in [-0.4, -0.2) is 40.6 Å². The third-order valence-corrected chi connectivity index (χ3v) is 4.20. The molecule has 0 aromatic carbocycles. The van der Waals surface area contributed by atoms with Crippen molar-refractivity contribution in [3.05, 3.63) is 10.6 Å². The Morgan fingerprint density at radius 3 is 2.48 bits per heavy atom. The van der Waals surface area contributed by atoms with Crippen LogP contribution in [0.2, 0.25) is 10.6 Å². The van der Waals surface area contributed by atoms with E-state index in [1.807, 2.05) is 0 Å². The van der Waals surface area contributed by atoms with Gasteiger partial charge in [0.2, 0.25) is 16.5 Å². The van der Waals surface area contributed by atoms with Crippen molar-refractivity contribution in [1.82, 2.24) is 15.0 Å². The van der Waals surface area contributed by atoms with E-state index in [-0.39, 0.29) is 16.4 Å². The van der Waals surface area contributed by atoms with Crippen LogP contribution in [-0.2, 0) is 9.59 Å². The van der Waals surface area contributed by atoms with E-state index < -0.39 is 5.41 Å². The van der Waals surface area contributed by atoms with E-state index in [9.17, 15) is 9.59 Å². The zero-order valence-corrected chi connectivity index (χ0v) is 13.2. The molecule has 1 heterocycles. The monoisotopic (exact) mass is 330 g/mol. The fourth-order valence-corrected chi connectivity index (χ4v) is 2.87. The van der Waals surface area contributed by atoms with Crippen molar-refractivity contribution in [2.24, 2.45) is 5.41 Å². The van der Waals surface area contributed by atoms with Crippen LogP contribution < -0.4 is 4.90 Å². The van der Waals surface area contributed by atoms with Crippen LogP contribution in [0, 0.1) is 5.41 Å². The summed E-state index contributed by atoms with van der Waals surface area (Å²) >= 11 is 11.5. The largest absolute Gasteiger partial charge is 0.344 e. The summed E-state index contributed by atoms with van der Waals surface area (Å²) < 4.78 is 0. The lowest BCUT2D eigenvalue weighted by Crippen LogP contribution is -2.39. The number of Topliss-reactive ketones (excluding diaryl/α,β-unsaturated/α-hetero) is 1. The maximum atomic E-state index is 12.1. The fourth-order valence-electron chi connectivity index (χ4n) is 2.52. The Bertz CT molecular complexity index is 535. The number of carbonyl (C=O) groups excluding carboxylic acids is 2. The number of ketones is 1. The Hall–Kier alpha value is -1.27. The van der Waals surface area contributed by atoms with Crippen LogP contribution in [0.15, 0.2) is 0 Å². The van der Waals surface area contributed by atoms with Crippen LogP contribution in [0.1, 0.15) is 32.1 Å². The summed E-state index contributed by atoms with van der Waals surface area (Å²) in [6.45, 7) is 0.459. The minimum absolute atomic E-state index is 0.00990. The summed E-state index contributed by atoms with van der Waals surface area (Å²) in [5, 5.41) is 0.0198. The van der Waals surface area contributed by atoms with Crippen molar-refractivity contribution in [2.75, 3.05) is 18.5 Å². The van der Waals surface area contributed by atoms with Crippen LogP contribution in [0.3, 0.4) is 0 Å². The minimum atomic E-state index is -0.868. The molecular weight excluding hydrogens is 315 g/mol. The summed E-state index contributed by atoms with van der Waals surface area (Å²) in [4.78, 5) is 36.8. The highest BCUT2D eigenvalue weighted by Gasteiger charge is 2.39. The van der Waals surface area contributed by atoms with Gasteiger partial charge >= 0.3 is 0 Å². The molecule has 0 aliphatic heterocycles. The van der Waals surface area contributed by atoms with Crippen molar-refractivity contribution in [1.29, 1.82) is 0 Å². The van der Waals surface area contributed by atoms with Gasteiger partial charge in [0.05, 0.1) is 5.41 Å². The molecule has 1 aliphatic carbocycles. The second-order valence-corrected chi connectivity index (χ2v) is 5.93. The second kappa shape index (κ2) is 6.66. The normalized spacial score (nSPS) is 22.1. The number of aldehydes is 1. The average Bonchev–Trinajstić information content (AvgIpc) is 2.45. The molecule has 0 amide bonds. The maximum Gasteiger partial charge on any atom is 0.230 e. The van der Waals surface area contributed by atoms with Crippen LogP contribution in [0.25, 0.3) is 0 Å². The van der Waals surface area contributed by atoms with Crippen LogP contribution >= 0.6 is 23.2 Å². The summed E-state index contributed by atoms with van der Waals surface area (Å²) in [5.74, 6) is 0.355. The van der Waals surface area contributed by atoms with Crippen molar-refractivity contribution >= 4 is 41.2 Å². The molecule has 6 nitrogen and oxygen atoms in total. The van der Waals surface area contributed by atoms with E-state index in [4.69, 9.17) is 23.2 Å². The summed E-state index contributed by atoms with van der Waals surface area (Å²) in [5.41, 5.74) is -0.868. The number of carbonyl (C=O) groups is 2. The van der Waals surface area contributed by atoms with Gasteiger partial charge in [-0.3, -0.25) is 4.79 Å². The van der Waals surface area contributed by atoms with Gasteiger partial charge in [0, 0.05) is 20.0 Å². The van der Waals surface area contributed by atoms with E-state index in [2.05, 4.69) is 15.0 Å². The van der Waals surface area contributed by atoms with Gasteiger partial charge in [-0.2, -0.15) is 15.0 Å². The Morgan fingerprint density at radius 2 is 1.90 bits per heavy atom. The Morgan fingerprint density at radius 1 is 1.24 bits per heavy atom. The van der Waals surface area contributed by atoms with Crippen molar-refractivity contribution < 1.29 is 9.59 Å². The number of aromatic nitrogens is 3. The van der Waals surface area contributed by atoms with Crippen molar-refractivity contribution in [2.45, 2.75) is 32.1 Å². The highest BCUT2D eigenvalue weighted by atomic mass is 35.5. The van der Waals surface area contributed by atoms with E-state index in [1.54, 1.807) is 11.9 Å². The molecule has 1 aromatic heterocycles. The van der Waals surface area contributed by atoms with Gasteiger partial charge in [-0.15, -0.1) is 0 Å². The van der Waals surface area contributed by atoms with E-state index in [1.165, 1.54) is 0 Å². The highest BCUT2D eigenvalue weighted by molar-refractivity contribution is 6.31. The van der Waals surface area contributed by atoms with Crippen molar-refractivity contribution in [3.63, 3.8) is 0 Å². The topological polar surface area (TPSA) is 76.1 Å². The second-order valence-electron chi connectivity index (χ2n) is 5.25. The molecule has 1 atom stereocenters. The van der Waals surface area contributed by atoms with Gasteiger partial charge in [-0.05, 0) is 42.5 Å². The van der Waals surface area contributed by atoms with Gasteiger partial charge in [-0.25, -0.2) is 0 Å². The molecule has 0 bridgehead atoms. The third-order valence-electron chi connectivity index (χ3n) is 3.86. The predicted octanol–water partition coefficient (Wildman–Crippen LogP) is 2.33. The van der Waals surface area contributed by atoms with Gasteiger partial charge < -0.3 is 9.69 Å². The first-order valence-electron chi connectivity index (χ1n) is 6.75. The van der Waals surface area contributed by atoms with E-state index >= 15 is 0 Å². The lowest BCUT2D eigenvalue weighted by molar-refractivity contribution is -0.137. The van der Waals surface area contributed by atoms with Gasteiger partial charge in [0.15, 0.2) is 0 Å². The number of anilines is 1. The summed E-state index contributed by atoms with van der Waals surface area (Å²) in [6, 6.07) is 0. The molecule has 0 radical (unpaired) electrons. The van der Waals surface area contributed by atoms with E-state index in [0.717, 1.165) is 19.1 Å². The maximum absolute atomic E-state index is 12.1. The molecule has 0 N–H and O–H groups in total. The molecule has 8 heteroatoms.